The number of ether oxygens (including phenoxy) is 2. The highest BCUT2D eigenvalue weighted by molar-refractivity contribution is 7.80. The molecule has 0 bridgehead atoms. The summed E-state index contributed by atoms with van der Waals surface area (Å²) in [4.78, 5) is 0. The molecule has 6 N–H and O–H groups in total. The van der Waals surface area contributed by atoms with Crippen molar-refractivity contribution >= 4 is 10.4 Å². The molecule has 0 spiro atoms. The molecule has 0 aromatic carbocycles. The van der Waals surface area contributed by atoms with Crippen LogP contribution in [0.4, 0.5) is 0 Å². The number of nitrogens with one attached hydrogen (secondary N) is 1. The summed E-state index contributed by atoms with van der Waals surface area (Å²) in [6.07, 6.45) is 39.8. The monoisotopic (exact) mass is 876 g/mol. The third-order valence-corrected chi connectivity index (χ3v) is 12.3. The molecule has 5 unspecified atom stereocenters. The number of rotatable bonds is 43. The second-order valence-corrected chi connectivity index (χ2v) is 18.4. The lowest BCUT2D eigenvalue weighted by Crippen LogP contribution is -2.61. The van der Waals surface area contributed by atoms with Gasteiger partial charge in [0.05, 0.1) is 25.4 Å². The first-order chi connectivity index (χ1) is 29.1. The number of allylic oxidation sites excluding steroid dienone is 3. The summed E-state index contributed by atoms with van der Waals surface area (Å²) >= 11 is 0. The van der Waals surface area contributed by atoms with E-state index in [1.54, 1.807) is 6.08 Å². The fraction of sp³-hybridized carbons (Fsp3) is 0.917. The Balaban J connectivity index is 2.37. The molecule has 1 aliphatic rings. The SMILES string of the molecule is CCCCCCCC/C=C\CCCCCCCCCCCCCCNC(CO[C@@H]1OC(CO)[C@H](O)C(OS(=O)(=O)O)C1O)C(O)/C=C/CCCCCCCCCCCCC. The van der Waals surface area contributed by atoms with Crippen LogP contribution >= 0.6 is 0 Å². The predicted molar refractivity (Wildman–Crippen MR) is 245 cm³/mol. The molecular formula is C48H93NO10S. The third-order valence-electron chi connectivity index (χ3n) is 11.8. The molecule has 1 fully saturated rings. The number of unbranched alkanes of at least 4 members (excludes halogenated alkanes) is 29. The van der Waals surface area contributed by atoms with E-state index < -0.39 is 59.9 Å². The Morgan fingerprint density at radius 2 is 1.00 bits per heavy atom. The molecule has 1 aliphatic heterocycles. The second kappa shape index (κ2) is 39.6. The molecule has 1 saturated heterocycles. The van der Waals surface area contributed by atoms with Gasteiger partial charge in [0.25, 0.3) is 0 Å². The van der Waals surface area contributed by atoms with Gasteiger partial charge in [-0.1, -0.05) is 199 Å². The van der Waals surface area contributed by atoms with Crippen molar-refractivity contribution < 1.29 is 47.1 Å². The smallest absolute Gasteiger partial charge is 0.394 e. The first-order valence-electron chi connectivity index (χ1n) is 24.8. The normalized spacial score (nSPS) is 21.1. The van der Waals surface area contributed by atoms with Crippen LogP contribution in [0.15, 0.2) is 24.3 Å². The minimum atomic E-state index is -5.03. The molecule has 0 aromatic rings. The Morgan fingerprint density at radius 1 is 0.600 bits per heavy atom. The van der Waals surface area contributed by atoms with Gasteiger partial charge in [0.1, 0.15) is 24.4 Å². The minimum Gasteiger partial charge on any atom is -0.394 e. The van der Waals surface area contributed by atoms with Crippen molar-refractivity contribution in [3.63, 3.8) is 0 Å². The van der Waals surface area contributed by atoms with Gasteiger partial charge in [-0.15, -0.1) is 0 Å². The summed E-state index contributed by atoms with van der Waals surface area (Å²) in [6.45, 7) is 4.34. The van der Waals surface area contributed by atoms with E-state index in [4.69, 9.17) is 9.47 Å². The van der Waals surface area contributed by atoms with Crippen molar-refractivity contribution in [1.29, 1.82) is 0 Å². The molecule has 0 amide bonds. The summed E-state index contributed by atoms with van der Waals surface area (Å²) < 4.78 is 47.8. The highest BCUT2D eigenvalue weighted by Crippen LogP contribution is 2.26. The zero-order valence-corrected chi connectivity index (χ0v) is 39.1. The molecule has 0 saturated carbocycles. The van der Waals surface area contributed by atoms with Crippen molar-refractivity contribution in [1.82, 2.24) is 5.32 Å². The average molecular weight is 876 g/mol. The maximum atomic E-state index is 11.4. The van der Waals surface area contributed by atoms with E-state index in [-0.39, 0.29) is 6.61 Å². The van der Waals surface area contributed by atoms with Gasteiger partial charge >= 0.3 is 10.4 Å². The van der Waals surface area contributed by atoms with E-state index in [1.807, 2.05) is 6.08 Å². The molecule has 0 aliphatic carbocycles. The lowest BCUT2D eigenvalue weighted by molar-refractivity contribution is -0.298. The van der Waals surface area contributed by atoms with Crippen LogP contribution in [0.1, 0.15) is 219 Å². The van der Waals surface area contributed by atoms with E-state index >= 15 is 0 Å². The third kappa shape index (κ3) is 31.8. The highest BCUT2D eigenvalue weighted by atomic mass is 32.3. The van der Waals surface area contributed by atoms with Crippen molar-refractivity contribution in [2.24, 2.45) is 0 Å². The lowest BCUT2D eigenvalue weighted by Gasteiger charge is -2.41. The quantitative estimate of drug-likeness (QED) is 0.0195. The Morgan fingerprint density at radius 3 is 1.42 bits per heavy atom. The molecule has 1 rings (SSSR count). The zero-order chi connectivity index (χ0) is 43.9. The molecule has 7 atom stereocenters. The Hall–Kier alpha value is -0.930. The summed E-state index contributed by atoms with van der Waals surface area (Å²) in [7, 11) is -5.03. The van der Waals surface area contributed by atoms with Crippen molar-refractivity contribution in [2.75, 3.05) is 19.8 Å². The summed E-state index contributed by atoms with van der Waals surface area (Å²) in [5, 5.41) is 45.3. The molecule has 0 aromatic heterocycles. The molecule has 12 heteroatoms. The average Bonchev–Trinajstić information content (AvgIpc) is 3.22. The van der Waals surface area contributed by atoms with Crippen LogP contribution in [0, 0.1) is 0 Å². The first-order valence-corrected chi connectivity index (χ1v) is 26.1. The number of hydrogen-bond donors (Lipinski definition) is 6. The molecular weight excluding hydrogens is 783 g/mol. The van der Waals surface area contributed by atoms with Crippen LogP contribution < -0.4 is 5.32 Å². The summed E-state index contributed by atoms with van der Waals surface area (Å²) in [6, 6.07) is -0.568. The first kappa shape index (κ1) is 57.1. The maximum Gasteiger partial charge on any atom is 0.397 e. The van der Waals surface area contributed by atoms with Gasteiger partial charge in [-0.2, -0.15) is 8.42 Å². The van der Waals surface area contributed by atoms with Crippen molar-refractivity contribution in [2.45, 2.75) is 262 Å². The lowest BCUT2D eigenvalue weighted by atomic mass is 9.99. The van der Waals surface area contributed by atoms with Crippen LogP contribution in [0.3, 0.4) is 0 Å². The predicted octanol–water partition coefficient (Wildman–Crippen LogP) is 10.6. The molecule has 0 radical (unpaired) electrons. The fourth-order valence-electron chi connectivity index (χ4n) is 7.94. The van der Waals surface area contributed by atoms with Gasteiger partial charge in [-0.25, -0.2) is 4.18 Å². The number of aliphatic hydroxyl groups excluding tert-OH is 4. The van der Waals surface area contributed by atoms with E-state index in [0.29, 0.717) is 6.54 Å². The Bertz CT molecular complexity index is 1110. The van der Waals surface area contributed by atoms with E-state index in [2.05, 4.69) is 35.5 Å². The van der Waals surface area contributed by atoms with Crippen LogP contribution in [0.5, 0.6) is 0 Å². The summed E-state index contributed by atoms with van der Waals surface area (Å²) in [5.41, 5.74) is 0. The second-order valence-electron chi connectivity index (χ2n) is 17.4. The highest BCUT2D eigenvalue weighted by Gasteiger charge is 2.48. The van der Waals surface area contributed by atoms with Gasteiger partial charge in [-0.05, 0) is 51.5 Å². The minimum absolute atomic E-state index is 0.116. The molecule has 60 heavy (non-hydrogen) atoms. The van der Waals surface area contributed by atoms with Crippen molar-refractivity contribution in [3.05, 3.63) is 24.3 Å². The maximum absolute atomic E-state index is 11.4. The van der Waals surface area contributed by atoms with E-state index in [1.165, 1.54) is 167 Å². The molecule has 356 valence electrons. The van der Waals surface area contributed by atoms with Crippen LogP contribution in [-0.2, 0) is 24.1 Å². The fourth-order valence-corrected chi connectivity index (χ4v) is 8.45. The number of aliphatic hydroxyl groups is 4. The van der Waals surface area contributed by atoms with Gasteiger partial charge in [0.2, 0.25) is 0 Å². The largest absolute Gasteiger partial charge is 0.397 e. The summed E-state index contributed by atoms with van der Waals surface area (Å²) in [5.74, 6) is 0. The van der Waals surface area contributed by atoms with Gasteiger partial charge in [0, 0.05) is 0 Å². The Labute approximate surface area is 367 Å². The van der Waals surface area contributed by atoms with Crippen LogP contribution in [0.25, 0.3) is 0 Å². The standard InChI is InChI=1S/C48H93NO10S/c1-3-5-7-9-11-13-15-17-18-19-20-21-22-23-24-25-27-29-31-33-35-37-39-49-42(43(51)38-36-34-32-30-28-26-16-14-12-10-8-6-4-2)41-57-48-46(53)47(59-60(54,55)56)45(52)44(40-50)58-48/h17-18,36,38,42-53H,3-16,19-35,37,39-41H2,1-2H3,(H,54,55,56)/b18-17-,38-36+/t42?,43?,44?,45-,46?,47?,48+/m0/s1. The molecule has 1 heterocycles. The topological polar surface area (TPSA) is 175 Å². The Kier molecular flexibility index (Phi) is 37.7. The number of hydrogen-bond acceptors (Lipinski definition) is 10. The van der Waals surface area contributed by atoms with Gasteiger partial charge < -0.3 is 35.2 Å². The molecule has 11 nitrogen and oxygen atoms in total. The van der Waals surface area contributed by atoms with Crippen LogP contribution in [0.2, 0.25) is 0 Å². The van der Waals surface area contributed by atoms with Crippen LogP contribution in [-0.4, -0.2) is 96.0 Å². The van der Waals surface area contributed by atoms with Gasteiger partial charge in [-0.3, -0.25) is 4.55 Å². The van der Waals surface area contributed by atoms with E-state index in [0.717, 1.165) is 38.5 Å². The van der Waals surface area contributed by atoms with Gasteiger partial charge in [0.15, 0.2) is 6.29 Å². The zero-order valence-electron chi connectivity index (χ0n) is 38.3. The van der Waals surface area contributed by atoms with E-state index in [9.17, 15) is 33.4 Å². The van der Waals surface area contributed by atoms with Crippen molar-refractivity contribution in [3.8, 4) is 0 Å².